The second-order valence-electron chi connectivity index (χ2n) is 4.58. The lowest BCUT2D eigenvalue weighted by Crippen LogP contribution is -2.39. The van der Waals surface area contributed by atoms with Gasteiger partial charge in [-0.05, 0) is 31.0 Å². The summed E-state index contributed by atoms with van der Waals surface area (Å²) in [5.41, 5.74) is 7.55. The molecule has 0 aromatic heterocycles. The lowest BCUT2D eigenvalue weighted by molar-refractivity contribution is -0.122. The number of hydrogen-bond donors (Lipinski definition) is 1. The summed E-state index contributed by atoms with van der Waals surface area (Å²) in [5, 5.41) is 0. The molecule has 0 unspecified atom stereocenters. The molecule has 98 valence electrons. The van der Waals surface area contributed by atoms with Crippen LogP contribution in [0, 0.1) is 5.92 Å². The fraction of sp³-hybridized carbons (Fsp3) is 0.500. The van der Waals surface area contributed by atoms with E-state index in [4.69, 9.17) is 5.73 Å². The minimum absolute atomic E-state index is 0.127. The lowest BCUT2D eigenvalue weighted by Gasteiger charge is -2.31. The van der Waals surface area contributed by atoms with Gasteiger partial charge < -0.3 is 10.6 Å². The maximum atomic E-state index is 12.5. The Labute approximate surface area is 113 Å². The number of fused-ring (bicyclic) bond motifs is 1. The largest absolute Gasteiger partial charge is 0.399 e. The van der Waals surface area contributed by atoms with E-state index in [-0.39, 0.29) is 11.8 Å². The molecule has 1 heterocycles. The Morgan fingerprint density at radius 2 is 2.17 bits per heavy atom. The second-order valence-corrected chi connectivity index (χ2v) is 5.72. The number of benzene rings is 1. The van der Waals surface area contributed by atoms with Crippen LogP contribution in [-0.4, -0.2) is 18.2 Å². The molecule has 1 aromatic rings. The number of anilines is 2. The summed E-state index contributed by atoms with van der Waals surface area (Å²) >= 11 is 1.80. The minimum atomic E-state index is 0.127. The van der Waals surface area contributed by atoms with Crippen molar-refractivity contribution in [1.82, 2.24) is 0 Å². The number of carbonyl (C=O) groups excluding carboxylic acids is 1. The number of rotatable bonds is 3. The average molecular weight is 264 g/mol. The van der Waals surface area contributed by atoms with Crippen LogP contribution in [0.25, 0.3) is 0 Å². The van der Waals surface area contributed by atoms with Crippen LogP contribution < -0.4 is 10.6 Å². The molecule has 0 aliphatic carbocycles. The van der Waals surface area contributed by atoms with Crippen molar-refractivity contribution in [1.29, 1.82) is 0 Å². The zero-order valence-electron chi connectivity index (χ0n) is 11.0. The van der Waals surface area contributed by atoms with Crippen LogP contribution >= 0.6 is 11.8 Å². The fourth-order valence-electron chi connectivity index (χ4n) is 2.32. The van der Waals surface area contributed by atoms with Crippen LogP contribution in [-0.2, 0) is 4.79 Å². The number of carbonyl (C=O) groups is 1. The molecule has 0 spiro atoms. The molecule has 1 aromatic carbocycles. The van der Waals surface area contributed by atoms with Crippen LogP contribution in [0.3, 0.4) is 0 Å². The summed E-state index contributed by atoms with van der Waals surface area (Å²) in [4.78, 5) is 15.6. The third-order valence-corrected chi connectivity index (χ3v) is 4.49. The molecule has 2 rings (SSSR count). The van der Waals surface area contributed by atoms with Gasteiger partial charge in [0.05, 0.1) is 5.69 Å². The van der Waals surface area contributed by atoms with Crippen molar-refractivity contribution in [2.45, 2.75) is 31.6 Å². The fourth-order valence-corrected chi connectivity index (χ4v) is 3.30. The summed E-state index contributed by atoms with van der Waals surface area (Å²) in [6.07, 6.45) is 1.80. The molecule has 18 heavy (non-hydrogen) atoms. The van der Waals surface area contributed by atoms with Crippen molar-refractivity contribution in [3.8, 4) is 0 Å². The molecule has 0 atom stereocenters. The zero-order valence-corrected chi connectivity index (χ0v) is 11.8. The Balaban J connectivity index is 2.32. The molecular weight excluding hydrogens is 244 g/mol. The van der Waals surface area contributed by atoms with E-state index in [0.717, 1.165) is 41.4 Å². The molecule has 4 heteroatoms. The van der Waals surface area contributed by atoms with Gasteiger partial charge in [0, 0.05) is 28.8 Å². The number of nitrogen functional groups attached to an aromatic ring is 1. The highest BCUT2D eigenvalue weighted by Gasteiger charge is 2.27. The van der Waals surface area contributed by atoms with Crippen molar-refractivity contribution >= 4 is 29.0 Å². The van der Waals surface area contributed by atoms with Crippen LogP contribution in [0.1, 0.15) is 26.7 Å². The Morgan fingerprint density at radius 1 is 1.44 bits per heavy atom. The van der Waals surface area contributed by atoms with Gasteiger partial charge in [0.25, 0.3) is 0 Å². The molecule has 2 N–H and O–H groups in total. The molecule has 0 saturated heterocycles. The van der Waals surface area contributed by atoms with Crippen LogP contribution in [0.2, 0.25) is 0 Å². The first-order valence-corrected chi connectivity index (χ1v) is 7.49. The first-order chi connectivity index (χ1) is 8.67. The third kappa shape index (κ3) is 2.48. The predicted octanol–water partition coefficient (Wildman–Crippen LogP) is 3.14. The van der Waals surface area contributed by atoms with Gasteiger partial charge in [-0.3, -0.25) is 4.79 Å². The molecule has 0 saturated carbocycles. The van der Waals surface area contributed by atoms with Gasteiger partial charge in [-0.1, -0.05) is 13.8 Å². The average Bonchev–Trinajstić information content (AvgIpc) is 2.39. The molecule has 1 amide bonds. The third-order valence-electron chi connectivity index (χ3n) is 3.45. The smallest absolute Gasteiger partial charge is 0.230 e. The van der Waals surface area contributed by atoms with Crippen molar-refractivity contribution in [3.05, 3.63) is 18.2 Å². The van der Waals surface area contributed by atoms with Crippen molar-refractivity contribution in [2.24, 2.45) is 5.92 Å². The summed E-state index contributed by atoms with van der Waals surface area (Å²) in [6, 6.07) is 5.83. The zero-order chi connectivity index (χ0) is 13.1. The monoisotopic (exact) mass is 264 g/mol. The summed E-state index contributed by atoms with van der Waals surface area (Å²) < 4.78 is 0. The first kappa shape index (κ1) is 13.3. The van der Waals surface area contributed by atoms with Gasteiger partial charge >= 0.3 is 0 Å². The van der Waals surface area contributed by atoms with Gasteiger partial charge in [0.2, 0.25) is 5.91 Å². The maximum absolute atomic E-state index is 12.5. The Morgan fingerprint density at radius 3 is 2.83 bits per heavy atom. The summed E-state index contributed by atoms with van der Waals surface area (Å²) in [7, 11) is 0. The Kier molecular flexibility index (Phi) is 4.17. The van der Waals surface area contributed by atoms with E-state index >= 15 is 0 Å². The highest BCUT2D eigenvalue weighted by molar-refractivity contribution is 7.99. The summed E-state index contributed by atoms with van der Waals surface area (Å²) in [6.45, 7) is 4.94. The molecule has 0 radical (unpaired) electrons. The molecular formula is C14H20N2OS. The van der Waals surface area contributed by atoms with E-state index in [0.29, 0.717) is 0 Å². The molecule has 1 aliphatic rings. The number of thioether (sulfide) groups is 1. The van der Waals surface area contributed by atoms with Crippen LogP contribution in [0.5, 0.6) is 0 Å². The van der Waals surface area contributed by atoms with Gasteiger partial charge in [0.15, 0.2) is 0 Å². The van der Waals surface area contributed by atoms with E-state index in [1.54, 1.807) is 11.8 Å². The number of amides is 1. The maximum Gasteiger partial charge on any atom is 0.230 e. The normalized spacial score (nSPS) is 14.7. The van der Waals surface area contributed by atoms with E-state index in [9.17, 15) is 4.79 Å². The number of nitrogens with two attached hydrogens (primary N) is 1. The van der Waals surface area contributed by atoms with Gasteiger partial charge in [0.1, 0.15) is 0 Å². The number of nitrogens with zero attached hydrogens (tertiary/aromatic N) is 1. The first-order valence-electron chi connectivity index (χ1n) is 6.51. The predicted molar refractivity (Wildman–Crippen MR) is 78.0 cm³/mol. The van der Waals surface area contributed by atoms with E-state index in [1.165, 1.54) is 0 Å². The molecule has 0 bridgehead atoms. The highest BCUT2D eigenvalue weighted by atomic mass is 32.2. The van der Waals surface area contributed by atoms with Gasteiger partial charge in [-0.15, -0.1) is 11.8 Å². The second kappa shape index (κ2) is 5.65. The van der Waals surface area contributed by atoms with E-state index in [2.05, 4.69) is 13.8 Å². The van der Waals surface area contributed by atoms with Crippen LogP contribution in [0.15, 0.2) is 23.1 Å². The standard InChI is InChI=1S/C14H20N2OS/c1-3-10(4-2)14(17)16-7-8-18-13-6-5-11(15)9-12(13)16/h5-6,9-10H,3-4,7-8,15H2,1-2H3. The summed E-state index contributed by atoms with van der Waals surface area (Å²) in [5.74, 6) is 1.33. The SMILES string of the molecule is CCC(CC)C(=O)N1CCSc2ccc(N)cc21. The van der Waals surface area contributed by atoms with E-state index < -0.39 is 0 Å². The van der Waals surface area contributed by atoms with Crippen LogP contribution in [0.4, 0.5) is 11.4 Å². The van der Waals surface area contributed by atoms with Gasteiger partial charge in [-0.25, -0.2) is 0 Å². The highest BCUT2D eigenvalue weighted by Crippen LogP contribution is 2.37. The van der Waals surface area contributed by atoms with Crippen molar-refractivity contribution in [3.63, 3.8) is 0 Å². The Hall–Kier alpha value is -1.16. The van der Waals surface area contributed by atoms with Crippen molar-refractivity contribution in [2.75, 3.05) is 22.9 Å². The quantitative estimate of drug-likeness (QED) is 0.853. The lowest BCUT2D eigenvalue weighted by atomic mass is 10.0. The molecule has 1 aliphatic heterocycles. The molecule has 0 fully saturated rings. The van der Waals surface area contributed by atoms with Gasteiger partial charge in [-0.2, -0.15) is 0 Å². The Bertz CT molecular complexity index is 443. The minimum Gasteiger partial charge on any atom is -0.399 e. The number of hydrogen-bond acceptors (Lipinski definition) is 3. The van der Waals surface area contributed by atoms with E-state index in [1.807, 2.05) is 23.1 Å². The molecule has 3 nitrogen and oxygen atoms in total. The van der Waals surface area contributed by atoms with Crippen molar-refractivity contribution < 1.29 is 4.79 Å². The topological polar surface area (TPSA) is 46.3 Å².